The summed E-state index contributed by atoms with van der Waals surface area (Å²) in [5.74, 6) is -0.607. The molecule has 4 fully saturated rings. The normalized spacial score (nSPS) is 29.6. The zero-order valence-electron chi connectivity index (χ0n) is 31.2. The molecule has 8 rings (SSSR count). The second kappa shape index (κ2) is 17.5. The van der Waals surface area contributed by atoms with Crippen LogP contribution in [0, 0.1) is 0 Å². The third-order valence-corrected chi connectivity index (χ3v) is 9.66. The summed E-state index contributed by atoms with van der Waals surface area (Å²) in [7, 11) is 0. The molecule has 5 N–H and O–H groups in total. The van der Waals surface area contributed by atoms with Crippen molar-refractivity contribution in [1.82, 2.24) is 39.0 Å². The highest BCUT2D eigenvalue weighted by atomic mass is 16.7. The van der Waals surface area contributed by atoms with E-state index in [1.165, 1.54) is 50.6 Å². The Balaban J connectivity index is 0.000000183. The quantitative estimate of drug-likeness (QED) is 0.0897. The minimum Gasteiger partial charge on any atom is -0.463 e. The summed E-state index contributed by atoms with van der Waals surface area (Å²) in [5.41, 5.74) is 1.92. The Labute approximate surface area is 324 Å². The van der Waals surface area contributed by atoms with Gasteiger partial charge in [0.15, 0.2) is 58.6 Å². The molecule has 0 saturated carbocycles. The van der Waals surface area contributed by atoms with Gasteiger partial charge in [-0.05, 0) is 12.8 Å². The average molecular weight is 801 g/mol. The van der Waals surface area contributed by atoms with E-state index in [-0.39, 0.29) is 25.3 Å². The van der Waals surface area contributed by atoms with Crippen LogP contribution in [0.15, 0.2) is 25.3 Å². The van der Waals surface area contributed by atoms with Crippen molar-refractivity contribution in [2.45, 2.75) is 94.8 Å². The number of rotatable bonds is 11. The van der Waals surface area contributed by atoms with Crippen molar-refractivity contribution in [3.05, 3.63) is 25.3 Å². The van der Waals surface area contributed by atoms with Gasteiger partial charge in [0.05, 0.1) is 44.6 Å². The third kappa shape index (κ3) is 8.73. The van der Waals surface area contributed by atoms with Gasteiger partial charge in [0.1, 0.15) is 43.7 Å². The summed E-state index contributed by atoms with van der Waals surface area (Å²) in [4.78, 5) is 60.7. The number of hydrogen-bond acceptors (Lipinski definition) is 21. The van der Waals surface area contributed by atoms with E-state index in [0.29, 0.717) is 60.4 Å². The second-order valence-corrected chi connectivity index (χ2v) is 13.7. The molecule has 308 valence electrons. The van der Waals surface area contributed by atoms with E-state index in [1.54, 1.807) is 4.57 Å². The Morgan fingerprint density at radius 1 is 0.719 bits per heavy atom. The highest BCUT2D eigenvalue weighted by Gasteiger charge is 2.51. The molecular formula is C34H44N10O13. The standard InChI is InChI=1S/C20H25N5O8.C14H19N5O5/c1-10(26)30-7-14-16(31-11(2)27)17(32-12(3)28)20(33-14)25-9-23-15-18(21-8-22-19(15)25)24-13-4-5-29-6-13;20-3-8-10(21)11(22)14(24-8)19-6-17-9-12(15-5-16-13(9)19)18-7-1-2-23-4-7/h8-9,13-14,16-17,20H,4-7H2,1-3H3,(H,21,22,24);5-8,10-11,14,20-22H,1-4H2,(H,15,16,18). The van der Waals surface area contributed by atoms with Crippen LogP contribution in [-0.4, -0.2) is 161 Å². The maximum Gasteiger partial charge on any atom is 0.303 e. The number of anilines is 2. The summed E-state index contributed by atoms with van der Waals surface area (Å²) in [6.45, 7) is 5.69. The van der Waals surface area contributed by atoms with Gasteiger partial charge in [-0.1, -0.05) is 0 Å². The molecule has 0 spiro atoms. The Kier molecular flexibility index (Phi) is 12.3. The summed E-state index contributed by atoms with van der Waals surface area (Å²) in [5, 5.41) is 35.9. The first-order chi connectivity index (χ1) is 27.5. The minimum absolute atomic E-state index is 0.103. The number of fused-ring (bicyclic) bond motifs is 2. The fourth-order valence-electron chi connectivity index (χ4n) is 7.00. The molecule has 10 atom stereocenters. The van der Waals surface area contributed by atoms with Gasteiger partial charge in [-0.3, -0.25) is 23.5 Å². The number of ether oxygens (including phenoxy) is 7. The van der Waals surface area contributed by atoms with Gasteiger partial charge in [-0.15, -0.1) is 0 Å². The first-order valence-corrected chi connectivity index (χ1v) is 18.3. The SMILES string of the molecule is CC(=O)OCC1OC(n2cnc3c(NC4CCOC4)ncnc32)C(OC(C)=O)C1OC(C)=O.OCC1OC(n2cnc3c(NC4CCOC4)ncnc32)C(O)C1O. The van der Waals surface area contributed by atoms with Crippen molar-refractivity contribution in [2.75, 3.05) is 50.3 Å². The van der Waals surface area contributed by atoms with Crippen LogP contribution in [0.1, 0.15) is 46.1 Å². The van der Waals surface area contributed by atoms with Crippen LogP contribution in [-0.2, 0) is 47.5 Å². The zero-order valence-corrected chi connectivity index (χ0v) is 31.2. The highest BCUT2D eigenvalue weighted by molar-refractivity contribution is 5.83. The van der Waals surface area contributed by atoms with E-state index in [9.17, 15) is 29.7 Å². The van der Waals surface area contributed by atoms with Gasteiger partial charge >= 0.3 is 17.9 Å². The smallest absolute Gasteiger partial charge is 0.303 e. The number of nitrogens with one attached hydrogen (secondary N) is 2. The fraction of sp³-hybridized carbons (Fsp3) is 0.618. The lowest BCUT2D eigenvalue weighted by Gasteiger charge is -2.23. The van der Waals surface area contributed by atoms with Crippen LogP contribution in [0.5, 0.6) is 0 Å². The van der Waals surface area contributed by atoms with Gasteiger partial charge in [0.2, 0.25) is 0 Å². The number of hydrogen-bond donors (Lipinski definition) is 5. The molecule has 8 heterocycles. The molecule has 4 aromatic heterocycles. The van der Waals surface area contributed by atoms with Crippen molar-refractivity contribution in [3.63, 3.8) is 0 Å². The maximum absolute atomic E-state index is 11.9. The number of esters is 3. The van der Waals surface area contributed by atoms with Crippen LogP contribution in [0.4, 0.5) is 11.6 Å². The van der Waals surface area contributed by atoms with Gasteiger partial charge in [-0.2, -0.15) is 0 Å². The number of nitrogens with zero attached hydrogens (tertiary/aromatic N) is 8. The first-order valence-electron chi connectivity index (χ1n) is 18.3. The molecule has 4 aliphatic heterocycles. The topological polar surface area (TPSA) is 288 Å². The molecule has 0 bridgehead atoms. The number of aromatic nitrogens is 8. The van der Waals surface area contributed by atoms with Crippen molar-refractivity contribution < 1.29 is 62.9 Å². The van der Waals surface area contributed by atoms with Crippen molar-refractivity contribution in [3.8, 4) is 0 Å². The van der Waals surface area contributed by atoms with Crippen LogP contribution < -0.4 is 10.6 Å². The molecule has 0 amide bonds. The van der Waals surface area contributed by atoms with Gasteiger partial charge in [0, 0.05) is 34.0 Å². The zero-order chi connectivity index (χ0) is 40.2. The van der Waals surface area contributed by atoms with E-state index in [2.05, 4.69) is 40.5 Å². The fourth-order valence-corrected chi connectivity index (χ4v) is 7.00. The van der Waals surface area contributed by atoms with Gasteiger partial charge < -0.3 is 59.1 Å². The minimum atomic E-state index is -1.19. The Morgan fingerprint density at radius 3 is 1.72 bits per heavy atom. The van der Waals surface area contributed by atoms with Gasteiger partial charge in [0.25, 0.3) is 0 Å². The number of aliphatic hydroxyl groups is 3. The van der Waals surface area contributed by atoms with Gasteiger partial charge in [-0.25, -0.2) is 29.9 Å². The molecule has 0 aliphatic carbocycles. The largest absolute Gasteiger partial charge is 0.463 e. The number of aliphatic hydroxyl groups excluding tert-OH is 3. The van der Waals surface area contributed by atoms with E-state index in [0.717, 1.165) is 12.8 Å². The number of carbonyl (C=O) groups is 3. The monoisotopic (exact) mass is 800 g/mol. The average Bonchev–Trinajstić information content (AvgIpc) is 4.04. The van der Waals surface area contributed by atoms with Crippen LogP contribution >= 0.6 is 0 Å². The van der Waals surface area contributed by atoms with E-state index >= 15 is 0 Å². The summed E-state index contributed by atoms with van der Waals surface area (Å²) in [6.07, 6.45) is -0.461. The number of imidazole rings is 2. The predicted molar refractivity (Wildman–Crippen MR) is 191 cm³/mol. The van der Waals surface area contributed by atoms with E-state index in [4.69, 9.17) is 33.2 Å². The van der Waals surface area contributed by atoms with E-state index < -0.39 is 67.0 Å². The lowest BCUT2D eigenvalue weighted by atomic mass is 10.1. The molecule has 4 saturated heterocycles. The molecule has 57 heavy (non-hydrogen) atoms. The summed E-state index contributed by atoms with van der Waals surface area (Å²) < 4.78 is 41.4. The first kappa shape index (κ1) is 40.0. The summed E-state index contributed by atoms with van der Waals surface area (Å²) in [6, 6.07) is 0.272. The number of carbonyl (C=O) groups excluding carboxylic acids is 3. The Hall–Kier alpha value is -5.17. The van der Waals surface area contributed by atoms with Crippen molar-refractivity contribution >= 4 is 51.9 Å². The third-order valence-electron chi connectivity index (χ3n) is 9.66. The second-order valence-electron chi connectivity index (χ2n) is 13.7. The molecule has 23 heteroatoms. The molecule has 10 unspecified atom stereocenters. The highest BCUT2D eigenvalue weighted by Crippen LogP contribution is 2.37. The molecule has 4 aromatic rings. The molecular weight excluding hydrogens is 756 g/mol. The molecule has 23 nitrogen and oxygen atoms in total. The lowest BCUT2D eigenvalue weighted by Crippen LogP contribution is -2.40. The Bertz CT molecular complexity index is 2040. The van der Waals surface area contributed by atoms with Crippen LogP contribution in [0.3, 0.4) is 0 Å². The summed E-state index contributed by atoms with van der Waals surface area (Å²) >= 11 is 0. The van der Waals surface area contributed by atoms with Crippen LogP contribution in [0.2, 0.25) is 0 Å². The predicted octanol–water partition coefficient (Wildman–Crippen LogP) is -1.01. The van der Waals surface area contributed by atoms with E-state index in [1.807, 2.05) is 0 Å². The van der Waals surface area contributed by atoms with Crippen molar-refractivity contribution in [2.24, 2.45) is 0 Å². The maximum atomic E-state index is 11.9. The van der Waals surface area contributed by atoms with Crippen LogP contribution in [0.25, 0.3) is 22.3 Å². The lowest BCUT2D eigenvalue weighted by molar-refractivity contribution is -0.166. The molecule has 0 aromatic carbocycles. The Morgan fingerprint density at radius 2 is 1.25 bits per heavy atom. The molecule has 4 aliphatic rings. The molecule has 0 radical (unpaired) electrons. The van der Waals surface area contributed by atoms with Crippen molar-refractivity contribution in [1.29, 1.82) is 0 Å².